The van der Waals surface area contributed by atoms with E-state index >= 15 is 0 Å². The fraction of sp³-hybridized carbons (Fsp3) is 0.565. The average Bonchev–Trinajstić information content (AvgIpc) is 3.49. The van der Waals surface area contributed by atoms with Crippen molar-refractivity contribution in [3.63, 3.8) is 0 Å². The molecule has 2 aromatic rings. The number of hydrogen-bond donors (Lipinski definition) is 0. The number of carbonyl (C=O) groups is 1. The summed E-state index contributed by atoms with van der Waals surface area (Å²) >= 11 is 0. The maximum Gasteiger partial charge on any atom is 0.427 e. The molecule has 11 heteroatoms. The van der Waals surface area contributed by atoms with E-state index in [1.54, 1.807) is 30.5 Å². The smallest absolute Gasteiger partial charge is 0.427 e. The summed E-state index contributed by atoms with van der Waals surface area (Å²) in [5.74, 6) is 0.633. The molecular formula is C23H28F3N3O5. The molecule has 2 aliphatic rings. The van der Waals surface area contributed by atoms with E-state index in [1.165, 1.54) is 12.0 Å². The van der Waals surface area contributed by atoms with Crippen LogP contribution in [0.25, 0.3) is 0 Å². The van der Waals surface area contributed by atoms with Crippen molar-refractivity contribution >= 4 is 6.09 Å². The molecule has 0 saturated carbocycles. The lowest BCUT2D eigenvalue weighted by atomic mass is 9.87. The van der Waals surface area contributed by atoms with E-state index in [0.717, 1.165) is 6.42 Å². The molecule has 2 atom stereocenters. The van der Waals surface area contributed by atoms with Gasteiger partial charge in [0.25, 0.3) is 0 Å². The lowest BCUT2D eigenvalue weighted by Crippen LogP contribution is -2.49. The number of rotatable bonds is 7. The number of amides is 1. The first-order chi connectivity index (χ1) is 16.3. The van der Waals surface area contributed by atoms with Crippen LogP contribution in [0.15, 0.2) is 42.7 Å². The topological polar surface area (TPSA) is 75.1 Å². The molecule has 2 unspecified atom stereocenters. The highest BCUT2D eigenvalue weighted by atomic mass is 19.4. The Hall–Kier alpha value is -2.79. The van der Waals surface area contributed by atoms with Gasteiger partial charge >= 0.3 is 12.3 Å². The molecule has 1 aromatic heterocycles. The fourth-order valence-electron chi connectivity index (χ4n) is 4.33. The molecule has 1 amide bonds. The zero-order valence-corrected chi connectivity index (χ0v) is 18.9. The minimum Gasteiger partial charge on any atom is -0.497 e. The maximum atomic E-state index is 13.5. The Bertz CT molecular complexity index is 928. The highest BCUT2D eigenvalue weighted by molar-refractivity contribution is 5.68. The van der Waals surface area contributed by atoms with Gasteiger partial charge in [-0.05, 0) is 36.6 Å². The molecule has 3 heterocycles. The SMILES string of the molecule is COc1ccc(COCC(OC(=O)N2CCC3(CC2)CC(n2cccn2)CO3)C(F)(F)F)cc1. The molecule has 4 rings (SSSR count). The van der Waals surface area contributed by atoms with Crippen LogP contribution in [0.2, 0.25) is 0 Å². The molecule has 2 fully saturated rings. The quantitative estimate of drug-likeness (QED) is 0.593. The van der Waals surface area contributed by atoms with Gasteiger partial charge in [0.05, 0.1) is 38.6 Å². The minimum absolute atomic E-state index is 0.0465. The summed E-state index contributed by atoms with van der Waals surface area (Å²) in [5.41, 5.74) is 0.289. The van der Waals surface area contributed by atoms with Crippen molar-refractivity contribution in [2.45, 2.75) is 49.8 Å². The van der Waals surface area contributed by atoms with Crippen LogP contribution in [-0.2, 0) is 20.8 Å². The van der Waals surface area contributed by atoms with E-state index in [0.29, 0.717) is 30.8 Å². The number of ether oxygens (including phenoxy) is 4. The van der Waals surface area contributed by atoms with Gasteiger partial charge in [0.15, 0.2) is 0 Å². The fourth-order valence-corrected chi connectivity index (χ4v) is 4.33. The number of benzene rings is 1. The number of alkyl halides is 3. The van der Waals surface area contributed by atoms with Crippen LogP contribution in [0.3, 0.4) is 0 Å². The normalized spacial score (nSPS) is 20.9. The molecular weight excluding hydrogens is 455 g/mol. The van der Waals surface area contributed by atoms with Gasteiger partial charge in [-0.3, -0.25) is 4.68 Å². The standard InChI is InChI=1S/C23H28F3N3O5/c1-31-19-5-3-17(4-6-19)14-32-16-20(23(24,25)26)34-21(30)28-11-7-22(8-12-28)13-18(15-33-22)29-10-2-9-27-29/h2-6,9-10,18,20H,7-8,11-16H2,1H3. The van der Waals surface area contributed by atoms with E-state index in [-0.39, 0.29) is 25.7 Å². The van der Waals surface area contributed by atoms with Crippen LogP contribution in [0, 0.1) is 0 Å². The third kappa shape index (κ3) is 5.82. The lowest BCUT2D eigenvalue weighted by Gasteiger charge is -2.38. The number of carbonyl (C=O) groups excluding carboxylic acids is 1. The van der Waals surface area contributed by atoms with Crippen LogP contribution in [0.1, 0.15) is 30.9 Å². The third-order valence-electron chi connectivity index (χ3n) is 6.33. The van der Waals surface area contributed by atoms with Gasteiger partial charge in [-0.25, -0.2) is 4.79 Å². The zero-order valence-electron chi connectivity index (χ0n) is 18.9. The molecule has 2 saturated heterocycles. The summed E-state index contributed by atoms with van der Waals surface area (Å²) in [6, 6.07) is 8.73. The first-order valence-corrected chi connectivity index (χ1v) is 11.1. The molecule has 34 heavy (non-hydrogen) atoms. The second kappa shape index (κ2) is 10.2. The van der Waals surface area contributed by atoms with Crippen molar-refractivity contribution in [2.24, 2.45) is 0 Å². The highest BCUT2D eigenvalue weighted by Crippen LogP contribution is 2.40. The molecule has 1 aromatic carbocycles. The first-order valence-electron chi connectivity index (χ1n) is 11.1. The largest absolute Gasteiger partial charge is 0.497 e. The number of aromatic nitrogens is 2. The van der Waals surface area contributed by atoms with Crippen molar-refractivity contribution in [1.29, 1.82) is 0 Å². The molecule has 2 aliphatic heterocycles. The second-order valence-corrected chi connectivity index (χ2v) is 8.60. The van der Waals surface area contributed by atoms with E-state index in [9.17, 15) is 18.0 Å². The van der Waals surface area contributed by atoms with Crippen molar-refractivity contribution in [3.05, 3.63) is 48.3 Å². The predicted molar refractivity (Wildman–Crippen MR) is 114 cm³/mol. The summed E-state index contributed by atoms with van der Waals surface area (Å²) in [6.07, 6.45) is -2.67. The van der Waals surface area contributed by atoms with Gasteiger partial charge in [0, 0.05) is 31.9 Å². The summed E-state index contributed by atoms with van der Waals surface area (Å²) in [4.78, 5) is 13.8. The van der Waals surface area contributed by atoms with Gasteiger partial charge in [0.1, 0.15) is 5.75 Å². The molecule has 0 bridgehead atoms. The average molecular weight is 483 g/mol. The van der Waals surface area contributed by atoms with Crippen molar-refractivity contribution in [3.8, 4) is 5.75 Å². The van der Waals surface area contributed by atoms with Gasteiger partial charge in [-0.15, -0.1) is 0 Å². The highest BCUT2D eigenvalue weighted by Gasteiger charge is 2.47. The van der Waals surface area contributed by atoms with E-state index < -0.39 is 30.6 Å². The number of halogens is 3. The molecule has 0 N–H and O–H groups in total. The van der Waals surface area contributed by atoms with E-state index in [1.807, 2.05) is 16.9 Å². The van der Waals surface area contributed by atoms with Crippen molar-refractivity contribution < 1.29 is 36.9 Å². The molecule has 0 radical (unpaired) electrons. The van der Waals surface area contributed by atoms with E-state index in [4.69, 9.17) is 18.9 Å². The minimum atomic E-state index is -4.74. The Morgan fingerprint density at radius 2 is 2.00 bits per heavy atom. The van der Waals surface area contributed by atoms with Gasteiger partial charge in [-0.2, -0.15) is 18.3 Å². The van der Waals surface area contributed by atoms with Crippen LogP contribution in [-0.4, -0.2) is 72.1 Å². The molecule has 8 nitrogen and oxygen atoms in total. The summed E-state index contributed by atoms with van der Waals surface area (Å²) in [7, 11) is 1.52. The first kappa shape index (κ1) is 24.3. The number of hydrogen-bond acceptors (Lipinski definition) is 6. The number of likely N-dealkylation sites (tertiary alicyclic amines) is 1. The molecule has 1 spiro atoms. The van der Waals surface area contributed by atoms with Crippen LogP contribution in [0.4, 0.5) is 18.0 Å². The van der Waals surface area contributed by atoms with Crippen LogP contribution in [0.5, 0.6) is 5.75 Å². The van der Waals surface area contributed by atoms with Gasteiger partial charge in [0.2, 0.25) is 6.10 Å². The van der Waals surface area contributed by atoms with Crippen LogP contribution < -0.4 is 4.74 Å². The Balaban J connectivity index is 1.26. The predicted octanol–water partition coefficient (Wildman–Crippen LogP) is 3.97. The number of piperidine rings is 1. The molecule has 186 valence electrons. The zero-order chi connectivity index (χ0) is 24.2. The number of methoxy groups -OCH3 is 1. The second-order valence-electron chi connectivity index (χ2n) is 8.60. The maximum absolute atomic E-state index is 13.5. The third-order valence-corrected chi connectivity index (χ3v) is 6.33. The van der Waals surface area contributed by atoms with Gasteiger partial charge in [-0.1, -0.05) is 12.1 Å². The summed E-state index contributed by atoms with van der Waals surface area (Å²) in [5, 5.41) is 4.25. The monoisotopic (exact) mass is 483 g/mol. The van der Waals surface area contributed by atoms with Crippen LogP contribution >= 0.6 is 0 Å². The Morgan fingerprint density at radius 1 is 1.26 bits per heavy atom. The Morgan fingerprint density at radius 3 is 2.62 bits per heavy atom. The summed E-state index contributed by atoms with van der Waals surface area (Å²) < 4.78 is 63.4. The number of nitrogens with zero attached hydrogens (tertiary/aromatic N) is 3. The van der Waals surface area contributed by atoms with E-state index in [2.05, 4.69) is 5.10 Å². The lowest BCUT2D eigenvalue weighted by molar-refractivity contribution is -0.220. The van der Waals surface area contributed by atoms with Gasteiger partial charge < -0.3 is 23.8 Å². The Labute approximate surface area is 195 Å². The summed E-state index contributed by atoms with van der Waals surface area (Å²) in [6.45, 7) is 0.223. The molecule has 0 aliphatic carbocycles. The van der Waals surface area contributed by atoms with Crippen molar-refractivity contribution in [1.82, 2.24) is 14.7 Å². The Kier molecular flexibility index (Phi) is 7.32. The van der Waals surface area contributed by atoms with Crippen molar-refractivity contribution in [2.75, 3.05) is 33.4 Å².